The molecule has 3 saturated heterocycles. The topological polar surface area (TPSA) is 72.5 Å². The van der Waals surface area contributed by atoms with Gasteiger partial charge in [-0.2, -0.15) is 0 Å². The van der Waals surface area contributed by atoms with E-state index in [-0.39, 0.29) is 12.1 Å². The molecule has 3 aliphatic heterocycles. The molecule has 2 aromatic rings. The minimum absolute atomic E-state index is 0.136. The number of amides is 2. The second-order valence-electron chi connectivity index (χ2n) is 11.2. The number of nitrogens with one attached hydrogen (secondary N) is 3. The fraction of sp³-hybridized carbons (Fsp3) is 0.571. The van der Waals surface area contributed by atoms with E-state index < -0.39 is 0 Å². The van der Waals surface area contributed by atoms with Gasteiger partial charge in [-0.1, -0.05) is 30.3 Å². The smallest absolute Gasteiger partial charge is 0.317 e. The second kappa shape index (κ2) is 9.88. The number of piperidine rings is 1. The third kappa shape index (κ3) is 4.95. The van der Waals surface area contributed by atoms with E-state index in [4.69, 9.17) is 0 Å². The summed E-state index contributed by atoms with van der Waals surface area (Å²) in [4.78, 5) is 22.1. The number of urea groups is 1. The maximum atomic E-state index is 13.1. The van der Waals surface area contributed by atoms with Crippen LogP contribution < -0.4 is 16.2 Å². The van der Waals surface area contributed by atoms with Gasteiger partial charge in [0.15, 0.2) is 0 Å². The van der Waals surface area contributed by atoms with Crippen LogP contribution in [0.1, 0.15) is 48.5 Å². The summed E-state index contributed by atoms with van der Waals surface area (Å²) >= 11 is 0. The van der Waals surface area contributed by atoms with Crippen molar-refractivity contribution in [2.75, 3.05) is 26.2 Å². The Morgan fingerprint density at radius 2 is 1.94 bits per heavy atom. The summed E-state index contributed by atoms with van der Waals surface area (Å²) in [5.74, 6) is 1.59. The summed E-state index contributed by atoms with van der Waals surface area (Å²) in [6.45, 7) is 7.05. The van der Waals surface area contributed by atoms with Gasteiger partial charge in [-0.15, -0.1) is 0 Å². The predicted octanol–water partition coefficient (Wildman–Crippen LogP) is 3.24. The van der Waals surface area contributed by atoms with Crippen LogP contribution in [0.25, 0.3) is 0 Å². The van der Waals surface area contributed by atoms with E-state index in [0.29, 0.717) is 29.8 Å². The van der Waals surface area contributed by atoms with Crippen LogP contribution in [0.15, 0.2) is 48.7 Å². The Balaban J connectivity index is 1.08. The highest BCUT2D eigenvalue weighted by Gasteiger charge is 2.47. The zero-order chi connectivity index (χ0) is 23.8. The van der Waals surface area contributed by atoms with Gasteiger partial charge >= 0.3 is 6.03 Å². The van der Waals surface area contributed by atoms with Gasteiger partial charge in [-0.3, -0.25) is 15.3 Å². The van der Waals surface area contributed by atoms with Gasteiger partial charge in [0, 0.05) is 50.2 Å². The number of hydrogen-bond acceptors (Lipinski definition) is 5. The molecule has 1 aromatic carbocycles. The zero-order valence-corrected chi connectivity index (χ0v) is 20.7. The van der Waals surface area contributed by atoms with Crippen LogP contribution in [0.2, 0.25) is 0 Å². The number of benzene rings is 1. The van der Waals surface area contributed by atoms with Gasteiger partial charge in [0.05, 0.1) is 6.04 Å². The maximum absolute atomic E-state index is 13.1. The van der Waals surface area contributed by atoms with E-state index in [1.54, 1.807) is 0 Å². The number of aromatic nitrogens is 1. The lowest BCUT2D eigenvalue weighted by molar-refractivity contribution is 0.0778. The Morgan fingerprint density at radius 1 is 1.06 bits per heavy atom. The summed E-state index contributed by atoms with van der Waals surface area (Å²) in [7, 11) is 0. The van der Waals surface area contributed by atoms with E-state index in [2.05, 4.69) is 80.3 Å². The number of fused-ring (bicyclic) bond motifs is 2. The predicted molar refractivity (Wildman–Crippen MR) is 136 cm³/mol. The molecule has 7 heteroatoms. The molecule has 6 unspecified atom stereocenters. The van der Waals surface area contributed by atoms with Crippen molar-refractivity contribution in [3.05, 3.63) is 65.5 Å². The quantitative estimate of drug-likeness (QED) is 0.621. The molecular formula is C28H38N6O. The molecule has 4 fully saturated rings. The molecule has 4 aliphatic rings. The first-order valence-corrected chi connectivity index (χ1v) is 13.4. The number of nitrogens with zero attached hydrogens (tertiary/aromatic N) is 3. The van der Waals surface area contributed by atoms with Gasteiger partial charge in [-0.05, 0) is 80.2 Å². The summed E-state index contributed by atoms with van der Waals surface area (Å²) in [5.41, 5.74) is 10.8. The van der Waals surface area contributed by atoms with E-state index >= 15 is 0 Å². The number of hydrogen-bond donors (Lipinski definition) is 3. The summed E-state index contributed by atoms with van der Waals surface area (Å²) in [5, 5.41) is 3.38. The van der Waals surface area contributed by atoms with Crippen LogP contribution in [0.3, 0.4) is 0 Å². The van der Waals surface area contributed by atoms with Gasteiger partial charge < -0.3 is 10.2 Å². The van der Waals surface area contributed by atoms with Gasteiger partial charge in [0.2, 0.25) is 0 Å². The van der Waals surface area contributed by atoms with E-state index in [0.717, 1.165) is 51.3 Å². The lowest BCUT2D eigenvalue weighted by Gasteiger charge is -2.47. The van der Waals surface area contributed by atoms with Crippen LogP contribution >= 0.6 is 0 Å². The minimum Gasteiger partial charge on any atom is -0.335 e. The molecule has 1 aromatic heterocycles. The molecule has 35 heavy (non-hydrogen) atoms. The van der Waals surface area contributed by atoms with Crippen molar-refractivity contribution in [1.29, 1.82) is 0 Å². The number of hydrazine groups is 1. The first-order valence-electron chi connectivity index (χ1n) is 13.4. The molecule has 0 radical (unpaired) electrons. The highest BCUT2D eigenvalue weighted by Crippen LogP contribution is 2.42. The SMILES string of the molecule is Cc1cc(C2NNC3CC4NC(=O)N(CC5CCCN(Cc6ccccc6)C5)CC4CC32)ccn1. The Kier molecular flexibility index (Phi) is 6.48. The van der Waals surface area contributed by atoms with Gasteiger partial charge in [-0.25, -0.2) is 10.2 Å². The molecule has 1 aliphatic carbocycles. The molecule has 6 atom stereocenters. The van der Waals surface area contributed by atoms with Gasteiger partial charge in [0.1, 0.15) is 0 Å². The van der Waals surface area contributed by atoms with Crippen molar-refractivity contribution in [2.24, 2.45) is 17.8 Å². The van der Waals surface area contributed by atoms with Crippen molar-refractivity contribution in [3.8, 4) is 0 Å². The van der Waals surface area contributed by atoms with Crippen molar-refractivity contribution < 1.29 is 4.79 Å². The zero-order valence-electron chi connectivity index (χ0n) is 20.7. The number of likely N-dealkylation sites (tertiary alicyclic amines) is 1. The number of pyridine rings is 1. The van der Waals surface area contributed by atoms with Crippen LogP contribution in [0, 0.1) is 24.7 Å². The van der Waals surface area contributed by atoms with Crippen LogP contribution in [-0.4, -0.2) is 59.1 Å². The standard InChI is InChI=1S/C28H38N6O/c1-19-12-22(9-10-29-19)27-24-13-23-18-34(28(35)30-25(23)14-26(24)31-32-27)17-21-8-5-11-33(16-21)15-20-6-3-2-4-7-20/h2-4,6-7,9-10,12,21,23-27,31-32H,5,8,11,13-18H2,1H3,(H,30,35). The first kappa shape index (κ1) is 23.0. The van der Waals surface area contributed by atoms with Crippen LogP contribution in [0.4, 0.5) is 4.79 Å². The Morgan fingerprint density at radius 3 is 2.80 bits per heavy atom. The minimum atomic E-state index is 0.136. The monoisotopic (exact) mass is 474 g/mol. The van der Waals surface area contributed by atoms with Crippen LogP contribution in [-0.2, 0) is 6.54 Å². The fourth-order valence-electron chi connectivity index (χ4n) is 7.00. The Labute approximate surface area is 208 Å². The van der Waals surface area contributed by atoms with Gasteiger partial charge in [0.25, 0.3) is 0 Å². The van der Waals surface area contributed by atoms with Crippen LogP contribution in [0.5, 0.6) is 0 Å². The third-order valence-corrected chi connectivity index (χ3v) is 8.68. The average Bonchev–Trinajstić information content (AvgIpc) is 3.27. The molecule has 186 valence electrons. The molecular weight excluding hydrogens is 436 g/mol. The molecule has 4 heterocycles. The molecule has 1 saturated carbocycles. The maximum Gasteiger partial charge on any atom is 0.317 e. The van der Waals surface area contributed by atoms with E-state index in [1.165, 1.54) is 24.0 Å². The van der Waals surface area contributed by atoms with Crippen molar-refractivity contribution in [3.63, 3.8) is 0 Å². The molecule has 0 spiro atoms. The molecule has 3 N–H and O–H groups in total. The lowest BCUT2D eigenvalue weighted by Crippen LogP contribution is -2.61. The summed E-state index contributed by atoms with van der Waals surface area (Å²) in [6.07, 6.45) is 6.47. The number of rotatable bonds is 5. The lowest BCUT2D eigenvalue weighted by atomic mass is 9.71. The second-order valence-corrected chi connectivity index (χ2v) is 11.2. The number of aryl methyl sites for hydroxylation is 1. The molecule has 2 amide bonds. The third-order valence-electron chi connectivity index (χ3n) is 8.68. The van der Waals surface area contributed by atoms with Crippen molar-refractivity contribution in [1.82, 2.24) is 31.0 Å². The molecule has 0 bridgehead atoms. The summed E-state index contributed by atoms with van der Waals surface area (Å²) in [6, 6.07) is 16.2. The number of carbonyl (C=O) groups is 1. The van der Waals surface area contributed by atoms with E-state index in [9.17, 15) is 4.79 Å². The molecule has 6 rings (SSSR count). The highest BCUT2D eigenvalue weighted by atomic mass is 16.2. The fourth-order valence-corrected chi connectivity index (χ4v) is 7.00. The average molecular weight is 475 g/mol. The van der Waals surface area contributed by atoms with Crippen molar-refractivity contribution >= 4 is 6.03 Å². The summed E-state index contributed by atoms with van der Waals surface area (Å²) < 4.78 is 0. The highest BCUT2D eigenvalue weighted by molar-refractivity contribution is 5.75. The number of carbonyl (C=O) groups excluding carboxylic acids is 1. The Bertz CT molecular complexity index is 1030. The van der Waals surface area contributed by atoms with E-state index in [1.807, 2.05) is 6.20 Å². The first-order chi connectivity index (χ1) is 17.1. The normalized spacial score (nSPS) is 33.2. The largest absolute Gasteiger partial charge is 0.335 e. The molecule has 7 nitrogen and oxygen atoms in total. The Hall–Kier alpha value is -2.48. The van der Waals surface area contributed by atoms with Crippen molar-refractivity contribution in [2.45, 2.75) is 57.3 Å².